The Bertz CT molecular complexity index is 834. The quantitative estimate of drug-likeness (QED) is 0.619. The number of aromatic nitrogens is 2. The molecule has 0 aliphatic carbocycles. The second kappa shape index (κ2) is 7.30. The van der Waals surface area contributed by atoms with Crippen LogP contribution in [-0.4, -0.2) is 22.4 Å². The summed E-state index contributed by atoms with van der Waals surface area (Å²) in [6.07, 6.45) is 2.24. The molecule has 0 aliphatic rings. The molecule has 0 fully saturated rings. The third-order valence-corrected chi connectivity index (χ3v) is 4.05. The van der Waals surface area contributed by atoms with Crippen LogP contribution in [0.15, 0.2) is 48.5 Å². The summed E-state index contributed by atoms with van der Waals surface area (Å²) >= 11 is 0. The van der Waals surface area contributed by atoms with E-state index in [2.05, 4.69) is 23.7 Å². The summed E-state index contributed by atoms with van der Waals surface area (Å²) < 4.78 is 7.11. The van der Waals surface area contributed by atoms with E-state index in [9.17, 15) is 4.79 Å². The van der Waals surface area contributed by atoms with Gasteiger partial charge in [-0.1, -0.05) is 43.7 Å². The number of esters is 1. The van der Waals surface area contributed by atoms with E-state index < -0.39 is 0 Å². The van der Waals surface area contributed by atoms with Crippen molar-refractivity contribution in [2.75, 3.05) is 6.61 Å². The van der Waals surface area contributed by atoms with Crippen LogP contribution in [0.3, 0.4) is 0 Å². The van der Waals surface area contributed by atoms with Crippen LogP contribution < -0.4 is 0 Å². The summed E-state index contributed by atoms with van der Waals surface area (Å²) in [6.45, 7) is 5.28. The molecule has 4 heteroatoms. The summed E-state index contributed by atoms with van der Waals surface area (Å²) in [6, 6.07) is 15.7. The van der Waals surface area contributed by atoms with Crippen molar-refractivity contribution in [1.29, 1.82) is 0 Å². The highest BCUT2D eigenvalue weighted by molar-refractivity contribution is 5.94. The number of benzene rings is 2. The lowest BCUT2D eigenvalue weighted by Crippen LogP contribution is -2.04. The summed E-state index contributed by atoms with van der Waals surface area (Å²) in [5, 5.41) is 5.94. The summed E-state index contributed by atoms with van der Waals surface area (Å²) in [7, 11) is 0. The molecule has 4 nitrogen and oxygen atoms in total. The highest BCUT2D eigenvalue weighted by atomic mass is 16.5. The van der Waals surface area contributed by atoms with Crippen molar-refractivity contribution in [3.05, 3.63) is 54.1 Å². The normalized spacial score (nSPS) is 10.9. The molecule has 1 aromatic heterocycles. The first-order valence-electron chi connectivity index (χ1n) is 8.47. The Kier molecular flexibility index (Phi) is 4.94. The van der Waals surface area contributed by atoms with E-state index in [1.165, 1.54) is 0 Å². The molecule has 0 aliphatic heterocycles. The number of hydrogen-bond donors (Lipinski definition) is 0. The minimum absolute atomic E-state index is 0.289. The molecule has 0 N–H and O–H groups in total. The van der Waals surface area contributed by atoms with Gasteiger partial charge < -0.3 is 4.74 Å². The predicted molar refractivity (Wildman–Crippen MR) is 96.0 cm³/mol. The molecule has 0 unspecified atom stereocenters. The van der Waals surface area contributed by atoms with Gasteiger partial charge in [0.25, 0.3) is 0 Å². The molecule has 2 aromatic carbocycles. The smallest absolute Gasteiger partial charge is 0.338 e. The average molecular weight is 322 g/mol. The molecular formula is C20H22N2O2. The summed E-state index contributed by atoms with van der Waals surface area (Å²) in [5.74, 6) is -0.289. The highest BCUT2D eigenvalue weighted by Gasteiger charge is 2.13. The molecule has 0 bridgehead atoms. The lowest BCUT2D eigenvalue weighted by Gasteiger charge is -2.03. The highest BCUT2D eigenvalue weighted by Crippen LogP contribution is 2.28. The van der Waals surface area contributed by atoms with Gasteiger partial charge in [0, 0.05) is 17.5 Å². The van der Waals surface area contributed by atoms with E-state index in [4.69, 9.17) is 9.84 Å². The van der Waals surface area contributed by atoms with Crippen LogP contribution in [0.2, 0.25) is 0 Å². The van der Waals surface area contributed by atoms with Crippen LogP contribution in [0.25, 0.3) is 22.2 Å². The first kappa shape index (κ1) is 16.2. The topological polar surface area (TPSA) is 44.1 Å². The van der Waals surface area contributed by atoms with Crippen molar-refractivity contribution in [2.24, 2.45) is 0 Å². The minimum atomic E-state index is -0.289. The Labute approximate surface area is 142 Å². The molecule has 0 radical (unpaired) electrons. The monoisotopic (exact) mass is 322 g/mol. The fraction of sp³-hybridized carbons (Fsp3) is 0.300. The molecule has 124 valence electrons. The number of hydrogen-bond acceptors (Lipinski definition) is 3. The molecular weight excluding hydrogens is 300 g/mol. The number of rotatable bonds is 6. The Hall–Kier alpha value is -2.62. The molecule has 3 rings (SSSR count). The number of fused-ring (bicyclic) bond motifs is 1. The van der Waals surface area contributed by atoms with Gasteiger partial charge in [-0.15, -0.1) is 0 Å². The van der Waals surface area contributed by atoms with Crippen molar-refractivity contribution in [2.45, 2.75) is 33.2 Å². The fourth-order valence-corrected chi connectivity index (χ4v) is 2.80. The third-order valence-electron chi connectivity index (χ3n) is 4.05. The van der Waals surface area contributed by atoms with E-state index >= 15 is 0 Å². The second-order valence-corrected chi connectivity index (χ2v) is 5.74. The Morgan fingerprint density at radius 3 is 2.54 bits per heavy atom. The van der Waals surface area contributed by atoms with E-state index in [1.54, 1.807) is 19.1 Å². The van der Waals surface area contributed by atoms with Crippen molar-refractivity contribution < 1.29 is 9.53 Å². The zero-order valence-corrected chi connectivity index (χ0v) is 14.2. The molecule has 1 heterocycles. The Morgan fingerprint density at radius 2 is 1.83 bits per heavy atom. The van der Waals surface area contributed by atoms with Gasteiger partial charge in [-0.3, -0.25) is 4.68 Å². The van der Waals surface area contributed by atoms with E-state index in [-0.39, 0.29) is 5.97 Å². The SMILES string of the molecule is CCCCn1nc(-c2ccc(C(=O)OCC)cc2)c2ccccc21. The maximum Gasteiger partial charge on any atom is 0.338 e. The number of aryl methyl sites for hydroxylation is 1. The van der Waals surface area contributed by atoms with E-state index in [0.717, 1.165) is 41.5 Å². The van der Waals surface area contributed by atoms with E-state index in [1.807, 2.05) is 24.3 Å². The minimum Gasteiger partial charge on any atom is -0.462 e. The molecule has 0 saturated carbocycles. The largest absolute Gasteiger partial charge is 0.462 e. The van der Waals surface area contributed by atoms with Crippen molar-refractivity contribution in [3.63, 3.8) is 0 Å². The van der Waals surface area contributed by atoms with E-state index in [0.29, 0.717) is 12.2 Å². The van der Waals surface area contributed by atoms with Gasteiger partial charge in [-0.2, -0.15) is 5.10 Å². The molecule has 0 saturated heterocycles. The molecule has 0 spiro atoms. The van der Waals surface area contributed by atoms with Gasteiger partial charge in [-0.25, -0.2) is 4.79 Å². The van der Waals surface area contributed by atoms with Gasteiger partial charge in [0.05, 0.1) is 17.7 Å². The maximum absolute atomic E-state index is 11.8. The van der Waals surface area contributed by atoms with Gasteiger partial charge in [0.2, 0.25) is 0 Å². The first-order chi connectivity index (χ1) is 11.7. The molecule has 0 atom stereocenters. The zero-order chi connectivity index (χ0) is 16.9. The predicted octanol–water partition coefficient (Wildman–Crippen LogP) is 4.68. The van der Waals surface area contributed by atoms with Gasteiger partial charge in [0.15, 0.2) is 0 Å². The third kappa shape index (κ3) is 3.18. The number of nitrogens with zero attached hydrogens (tertiary/aromatic N) is 2. The zero-order valence-electron chi connectivity index (χ0n) is 14.2. The van der Waals surface area contributed by atoms with Crippen molar-refractivity contribution in [1.82, 2.24) is 9.78 Å². The number of carbonyl (C=O) groups excluding carboxylic acids is 1. The first-order valence-corrected chi connectivity index (χ1v) is 8.47. The Morgan fingerprint density at radius 1 is 1.08 bits per heavy atom. The number of unbranched alkanes of at least 4 members (excludes halogenated alkanes) is 1. The van der Waals surface area contributed by atoms with Gasteiger partial charge in [-0.05, 0) is 31.5 Å². The summed E-state index contributed by atoms with van der Waals surface area (Å²) in [4.78, 5) is 11.8. The van der Waals surface area contributed by atoms with Crippen LogP contribution in [0.5, 0.6) is 0 Å². The molecule has 3 aromatic rings. The van der Waals surface area contributed by atoms with Crippen LogP contribution in [0.1, 0.15) is 37.0 Å². The lowest BCUT2D eigenvalue weighted by molar-refractivity contribution is 0.0526. The molecule has 0 amide bonds. The van der Waals surface area contributed by atoms with Crippen LogP contribution in [0.4, 0.5) is 0 Å². The second-order valence-electron chi connectivity index (χ2n) is 5.74. The molecule has 24 heavy (non-hydrogen) atoms. The summed E-state index contributed by atoms with van der Waals surface area (Å²) in [5.41, 5.74) is 3.68. The number of carbonyl (C=O) groups is 1. The average Bonchev–Trinajstić information content (AvgIpc) is 2.99. The lowest BCUT2D eigenvalue weighted by atomic mass is 10.1. The maximum atomic E-state index is 11.8. The fourth-order valence-electron chi connectivity index (χ4n) is 2.80. The van der Waals surface area contributed by atoms with Crippen LogP contribution in [0, 0.1) is 0 Å². The van der Waals surface area contributed by atoms with Gasteiger partial charge in [0.1, 0.15) is 5.69 Å². The number of ether oxygens (including phenoxy) is 1. The standard InChI is InChI=1S/C20H22N2O2/c1-3-5-14-22-18-9-7-6-8-17(18)19(21-22)15-10-12-16(13-11-15)20(23)24-4-2/h6-13H,3-5,14H2,1-2H3. The van der Waals surface area contributed by atoms with Gasteiger partial charge >= 0.3 is 5.97 Å². The van der Waals surface area contributed by atoms with Crippen LogP contribution in [-0.2, 0) is 11.3 Å². The van der Waals surface area contributed by atoms with Crippen molar-refractivity contribution >= 4 is 16.9 Å². The van der Waals surface area contributed by atoms with Crippen LogP contribution >= 0.6 is 0 Å². The number of para-hydroxylation sites is 1. The van der Waals surface area contributed by atoms with Crippen molar-refractivity contribution in [3.8, 4) is 11.3 Å². The Balaban J connectivity index is 1.98.